The Hall–Kier alpha value is -1.98. The topological polar surface area (TPSA) is 69.4 Å². The van der Waals surface area contributed by atoms with Gasteiger partial charge in [-0.25, -0.2) is 4.39 Å². The van der Waals surface area contributed by atoms with Crippen molar-refractivity contribution in [1.29, 1.82) is 0 Å². The highest BCUT2D eigenvalue weighted by Gasteiger charge is 2.23. The van der Waals surface area contributed by atoms with E-state index in [1.807, 2.05) is 0 Å². The Kier molecular flexibility index (Phi) is 4.14. The molecule has 92 valence electrons. The molecule has 0 aliphatic rings. The SMILES string of the molecule is CCC(=O)C(C)Oc1c(F)cccc1[N+](=O)[O-]. The number of benzene rings is 1. The molecule has 0 aliphatic heterocycles. The lowest BCUT2D eigenvalue weighted by molar-refractivity contribution is -0.386. The first-order chi connectivity index (χ1) is 7.97. The average Bonchev–Trinajstić information content (AvgIpc) is 2.30. The lowest BCUT2D eigenvalue weighted by Crippen LogP contribution is -2.23. The Morgan fingerprint density at radius 3 is 2.76 bits per heavy atom. The number of Topliss-reactive ketones (excluding diaryl/α,β-unsaturated/α-hetero) is 1. The minimum absolute atomic E-state index is 0.226. The van der Waals surface area contributed by atoms with E-state index >= 15 is 0 Å². The average molecular weight is 241 g/mol. The van der Waals surface area contributed by atoms with E-state index in [9.17, 15) is 19.3 Å². The van der Waals surface area contributed by atoms with Crippen molar-refractivity contribution in [1.82, 2.24) is 0 Å². The van der Waals surface area contributed by atoms with Gasteiger partial charge in [-0.05, 0) is 13.0 Å². The Bertz CT molecular complexity index is 447. The smallest absolute Gasteiger partial charge is 0.314 e. The Morgan fingerprint density at radius 1 is 1.59 bits per heavy atom. The van der Waals surface area contributed by atoms with Crippen molar-refractivity contribution >= 4 is 11.5 Å². The van der Waals surface area contributed by atoms with E-state index in [2.05, 4.69) is 0 Å². The van der Waals surface area contributed by atoms with E-state index < -0.39 is 28.3 Å². The zero-order chi connectivity index (χ0) is 13.0. The fourth-order valence-electron chi connectivity index (χ4n) is 1.29. The molecule has 1 aromatic rings. The second kappa shape index (κ2) is 5.38. The molecule has 0 saturated carbocycles. The van der Waals surface area contributed by atoms with Gasteiger partial charge in [0.15, 0.2) is 17.7 Å². The Labute approximate surface area is 97.3 Å². The number of hydrogen-bond acceptors (Lipinski definition) is 4. The second-order valence-electron chi connectivity index (χ2n) is 3.43. The molecule has 1 unspecified atom stereocenters. The zero-order valence-electron chi connectivity index (χ0n) is 9.47. The molecular formula is C11H12FNO4. The summed E-state index contributed by atoms with van der Waals surface area (Å²) in [6.45, 7) is 3.07. The van der Waals surface area contributed by atoms with Gasteiger partial charge in [0.1, 0.15) is 0 Å². The number of halogens is 1. The Balaban J connectivity index is 3.05. The van der Waals surface area contributed by atoms with Gasteiger partial charge in [-0.1, -0.05) is 13.0 Å². The number of para-hydroxylation sites is 1. The van der Waals surface area contributed by atoms with Crippen LogP contribution in [0.5, 0.6) is 5.75 Å². The summed E-state index contributed by atoms with van der Waals surface area (Å²) >= 11 is 0. The zero-order valence-corrected chi connectivity index (χ0v) is 9.47. The highest BCUT2D eigenvalue weighted by molar-refractivity contribution is 5.82. The molecular weight excluding hydrogens is 229 g/mol. The van der Waals surface area contributed by atoms with Gasteiger partial charge in [0.25, 0.3) is 0 Å². The van der Waals surface area contributed by atoms with Crippen LogP contribution in [0.2, 0.25) is 0 Å². The van der Waals surface area contributed by atoms with Gasteiger partial charge in [-0.15, -0.1) is 0 Å². The number of nitro benzene ring substituents is 1. The number of rotatable bonds is 5. The van der Waals surface area contributed by atoms with Crippen LogP contribution in [0.25, 0.3) is 0 Å². The second-order valence-corrected chi connectivity index (χ2v) is 3.43. The molecule has 17 heavy (non-hydrogen) atoms. The fourth-order valence-corrected chi connectivity index (χ4v) is 1.29. The molecule has 0 amide bonds. The van der Waals surface area contributed by atoms with E-state index in [0.717, 1.165) is 12.1 Å². The summed E-state index contributed by atoms with van der Waals surface area (Å²) in [5.74, 6) is -1.59. The van der Waals surface area contributed by atoms with Crippen LogP contribution in [0.15, 0.2) is 18.2 Å². The molecule has 0 saturated heterocycles. The molecule has 0 aromatic heterocycles. The maximum absolute atomic E-state index is 13.4. The van der Waals surface area contributed by atoms with E-state index in [1.165, 1.54) is 13.0 Å². The minimum Gasteiger partial charge on any atom is -0.474 e. The molecule has 0 spiro atoms. The lowest BCUT2D eigenvalue weighted by atomic mass is 10.2. The van der Waals surface area contributed by atoms with Crippen molar-refractivity contribution in [2.45, 2.75) is 26.4 Å². The van der Waals surface area contributed by atoms with E-state index in [4.69, 9.17) is 4.74 Å². The van der Waals surface area contributed by atoms with Crippen molar-refractivity contribution in [3.63, 3.8) is 0 Å². The van der Waals surface area contributed by atoms with Crippen LogP contribution >= 0.6 is 0 Å². The van der Waals surface area contributed by atoms with Crippen LogP contribution < -0.4 is 4.74 Å². The van der Waals surface area contributed by atoms with Crippen molar-refractivity contribution in [2.24, 2.45) is 0 Å². The van der Waals surface area contributed by atoms with Gasteiger partial charge in [0.05, 0.1) is 4.92 Å². The Morgan fingerprint density at radius 2 is 2.24 bits per heavy atom. The predicted octanol–water partition coefficient (Wildman–Crippen LogP) is 2.48. The molecule has 1 atom stereocenters. The van der Waals surface area contributed by atoms with Gasteiger partial charge in [-0.2, -0.15) is 0 Å². The first kappa shape index (κ1) is 13.1. The summed E-state index contributed by atoms with van der Waals surface area (Å²) in [5.41, 5.74) is -0.485. The van der Waals surface area contributed by atoms with Crippen molar-refractivity contribution < 1.29 is 18.8 Å². The first-order valence-electron chi connectivity index (χ1n) is 5.09. The number of ether oxygens (including phenoxy) is 1. The fraction of sp³-hybridized carbons (Fsp3) is 0.364. The number of carbonyl (C=O) groups excluding carboxylic acids is 1. The quantitative estimate of drug-likeness (QED) is 0.586. The van der Waals surface area contributed by atoms with Crippen molar-refractivity contribution in [2.75, 3.05) is 0 Å². The first-order valence-corrected chi connectivity index (χ1v) is 5.09. The summed E-state index contributed by atoms with van der Waals surface area (Å²) in [4.78, 5) is 21.2. The molecule has 1 rings (SSSR count). The molecule has 0 N–H and O–H groups in total. The molecule has 0 heterocycles. The van der Waals surface area contributed by atoms with Crippen LogP contribution in [-0.2, 0) is 4.79 Å². The van der Waals surface area contributed by atoms with Crippen LogP contribution in [0.4, 0.5) is 10.1 Å². The van der Waals surface area contributed by atoms with E-state index in [0.29, 0.717) is 0 Å². The lowest BCUT2D eigenvalue weighted by Gasteiger charge is -2.13. The summed E-state index contributed by atoms with van der Waals surface area (Å²) in [7, 11) is 0. The summed E-state index contributed by atoms with van der Waals surface area (Å²) < 4.78 is 18.4. The number of ketones is 1. The van der Waals surface area contributed by atoms with Gasteiger partial charge < -0.3 is 4.74 Å². The van der Waals surface area contributed by atoms with Crippen molar-refractivity contribution in [3.05, 3.63) is 34.1 Å². The monoisotopic (exact) mass is 241 g/mol. The maximum Gasteiger partial charge on any atom is 0.314 e. The minimum atomic E-state index is -0.907. The molecule has 0 fully saturated rings. The molecule has 6 heteroatoms. The van der Waals surface area contributed by atoms with Crippen LogP contribution in [0.1, 0.15) is 20.3 Å². The molecule has 5 nitrogen and oxygen atoms in total. The summed E-state index contributed by atoms with van der Waals surface area (Å²) in [6, 6.07) is 3.39. The van der Waals surface area contributed by atoms with Crippen LogP contribution in [-0.4, -0.2) is 16.8 Å². The highest BCUT2D eigenvalue weighted by Crippen LogP contribution is 2.30. The summed E-state index contributed by atoms with van der Waals surface area (Å²) in [5, 5.41) is 10.7. The summed E-state index contributed by atoms with van der Waals surface area (Å²) in [6.07, 6.45) is -0.681. The predicted molar refractivity (Wildman–Crippen MR) is 58.4 cm³/mol. The third kappa shape index (κ3) is 2.99. The molecule has 1 aromatic carbocycles. The van der Waals surface area contributed by atoms with Crippen molar-refractivity contribution in [3.8, 4) is 5.75 Å². The van der Waals surface area contributed by atoms with Gasteiger partial charge in [0.2, 0.25) is 5.75 Å². The molecule has 0 aliphatic carbocycles. The van der Waals surface area contributed by atoms with Gasteiger partial charge >= 0.3 is 5.69 Å². The van der Waals surface area contributed by atoms with Gasteiger partial charge in [0, 0.05) is 12.5 Å². The maximum atomic E-state index is 13.4. The van der Waals surface area contributed by atoms with Crippen LogP contribution in [0.3, 0.4) is 0 Å². The largest absolute Gasteiger partial charge is 0.474 e. The number of carbonyl (C=O) groups is 1. The van der Waals surface area contributed by atoms with E-state index in [-0.39, 0.29) is 12.2 Å². The standard InChI is InChI=1S/C11H12FNO4/c1-3-10(14)7(2)17-11-8(12)5-4-6-9(11)13(15)16/h4-7H,3H2,1-2H3. The number of nitrogens with zero attached hydrogens (tertiary/aromatic N) is 1. The number of nitro groups is 1. The normalized spacial score (nSPS) is 11.9. The van der Waals surface area contributed by atoms with E-state index in [1.54, 1.807) is 6.92 Å². The third-order valence-corrected chi connectivity index (χ3v) is 2.24. The van der Waals surface area contributed by atoms with Gasteiger partial charge in [-0.3, -0.25) is 14.9 Å². The van der Waals surface area contributed by atoms with Crippen LogP contribution in [0, 0.1) is 15.9 Å². The molecule has 0 radical (unpaired) electrons. The third-order valence-electron chi connectivity index (χ3n) is 2.24. The number of hydrogen-bond donors (Lipinski definition) is 0. The highest BCUT2D eigenvalue weighted by atomic mass is 19.1. The molecule has 0 bridgehead atoms.